The Kier molecular flexibility index (Phi) is 6.12. The van der Waals surface area contributed by atoms with Crippen molar-refractivity contribution in [2.75, 3.05) is 7.11 Å². The van der Waals surface area contributed by atoms with Gasteiger partial charge in [0.05, 0.1) is 7.11 Å². The monoisotopic (exact) mass is 458 g/mol. The Hall–Kier alpha value is -0.143. The van der Waals surface area contributed by atoms with Crippen LogP contribution in [0.1, 0.15) is 32.5 Å². The number of halogens is 4. The van der Waals surface area contributed by atoms with Crippen LogP contribution in [0.3, 0.4) is 0 Å². The lowest BCUT2D eigenvalue weighted by Crippen LogP contribution is -2.44. The van der Waals surface area contributed by atoms with E-state index >= 15 is 0 Å². The van der Waals surface area contributed by atoms with Gasteiger partial charge in [-0.25, -0.2) is 8.78 Å². The Bertz CT molecular complexity index is 525. The van der Waals surface area contributed by atoms with Crippen molar-refractivity contribution in [3.8, 4) is 11.5 Å². The highest BCUT2D eigenvalue weighted by Crippen LogP contribution is 2.46. The molecule has 0 aromatic heterocycles. The maximum Gasteiger partial charge on any atom is 0.253 e. The largest absolute Gasteiger partial charge is 0.541 e. The molecule has 0 aliphatic carbocycles. The zero-order valence-corrected chi connectivity index (χ0v) is 17.8. The third-order valence-electron chi connectivity index (χ3n) is 3.94. The average Bonchev–Trinajstić information content (AvgIpc) is 2.34. The summed E-state index contributed by atoms with van der Waals surface area (Å²) in [5.74, 6) is 0.952. The molecule has 1 aromatic rings. The van der Waals surface area contributed by atoms with Gasteiger partial charge in [-0.05, 0) is 67.7 Å². The zero-order chi connectivity index (χ0) is 17.3. The van der Waals surface area contributed by atoms with Gasteiger partial charge in [0, 0.05) is 0 Å². The zero-order valence-electron chi connectivity index (χ0n) is 13.6. The van der Waals surface area contributed by atoms with Crippen molar-refractivity contribution in [2.24, 2.45) is 0 Å². The molecule has 0 N–H and O–H groups in total. The van der Waals surface area contributed by atoms with E-state index in [9.17, 15) is 8.78 Å². The van der Waals surface area contributed by atoms with Gasteiger partial charge in [0.1, 0.15) is 5.75 Å². The summed E-state index contributed by atoms with van der Waals surface area (Å²) in [6.07, 6.45) is -1.87. The predicted molar refractivity (Wildman–Crippen MR) is 96.4 cm³/mol. The standard InChI is InChI=1S/C15H22Br2F2O2Si/c1-14(2,3)22(5,6)21-12-9-10(7-8-11(12)20-4)13(18)15(16,17)19/h7-9,13H,1-6H3. The number of benzene rings is 1. The number of methoxy groups -OCH3 is 1. The molecule has 1 aromatic carbocycles. The lowest BCUT2D eigenvalue weighted by atomic mass is 10.1. The molecule has 1 unspecified atom stereocenters. The second-order valence-corrected chi connectivity index (χ2v) is 14.8. The molecule has 0 fully saturated rings. The molecule has 22 heavy (non-hydrogen) atoms. The van der Waals surface area contributed by atoms with Crippen LogP contribution < -0.4 is 9.16 Å². The van der Waals surface area contributed by atoms with E-state index in [1.54, 1.807) is 6.07 Å². The first-order valence-electron chi connectivity index (χ1n) is 6.87. The van der Waals surface area contributed by atoms with E-state index in [1.165, 1.54) is 19.2 Å². The Balaban J connectivity index is 3.23. The van der Waals surface area contributed by atoms with Crippen LogP contribution in [0.2, 0.25) is 18.1 Å². The maximum atomic E-state index is 14.2. The summed E-state index contributed by atoms with van der Waals surface area (Å²) in [4.78, 5) is 0. The minimum atomic E-state index is -2.32. The first-order chi connectivity index (χ1) is 9.79. The van der Waals surface area contributed by atoms with Gasteiger partial charge in [0.15, 0.2) is 11.9 Å². The highest BCUT2D eigenvalue weighted by Gasteiger charge is 2.40. The van der Waals surface area contributed by atoms with Crippen LogP contribution in [0.15, 0.2) is 18.2 Å². The number of ether oxygens (including phenoxy) is 1. The van der Waals surface area contributed by atoms with E-state index in [-0.39, 0.29) is 10.6 Å². The third kappa shape index (κ3) is 4.68. The van der Waals surface area contributed by atoms with Crippen LogP contribution in [0.4, 0.5) is 8.78 Å². The molecule has 0 amide bonds. The van der Waals surface area contributed by atoms with Crippen LogP contribution in [0.25, 0.3) is 0 Å². The average molecular weight is 460 g/mol. The minimum absolute atomic E-state index is 0.0160. The Morgan fingerprint density at radius 3 is 2.09 bits per heavy atom. The number of rotatable bonds is 5. The van der Waals surface area contributed by atoms with E-state index in [2.05, 4.69) is 65.7 Å². The first-order valence-corrected chi connectivity index (χ1v) is 11.4. The number of hydrogen-bond donors (Lipinski definition) is 0. The quantitative estimate of drug-likeness (QED) is 0.369. The molecule has 0 bridgehead atoms. The van der Waals surface area contributed by atoms with Gasteiger partial charge in [-0.3, -0.25) is 0 Å². The SMILES string of the molecule is COc1ccc(C(F)C(F)(Br)Br)cc1O[Si](C)(C)C(C)(C)C. The maximum absolute atomic E-state index is 14.2. The van der Waals surface area contributed by atoms with Crippen LogP contribution in [0, 0.1) is 0 Å². The van der Waals surface area contributed by atoms with Gasteiger partial charge >= 0.3 is 0 Å². The summed E-state index contributed by atoms with van der Waals surface area (Å²) in [6, 6.07) is 4.58. The molecular weight excluding hydrogens is 438 g/mol. The van der Waals surface area contributed by atoms with Crippen molar-refractivity contribution in [1.82, 2.24) is 0 Å². The van der Waals surface area contributed by atoms with Gasteiger partial charge in [0.25, 0.3) is 11.8 Å². The van der Waals surface area contributed by atoms with Crippen molar-refractivity contribution >= 4 is 40.2 Å². The smallest absolute Gasteiger partial charge is 0.253 e. The summed E-state index contributed by atoms with van der Waals surface area (Å²) >= 11 is 5.29. The first kappa shape index (κ1) is 19.9. The third-order valence-corrected chi connectivity index (χ3v) is 9.09. The van der Waals surface area contributed by atoms with Gasteiger partial charge in [-0.2, -0.15) is 0 Å². The normalized spacial score (nSPS) is 14.6. The highest BCUT2D eigenvalue weighted by molar-refractivity contribution is 9.25. The summed E-state index contributed by atoms with van der Waals surface area (Å²) in [5, 5.41) is -0.0160. The Labute approximate surface area is 149 Å². The van der Waals surface area contributed by atoms with E-state index < -0.39 is 18.0 Å². The predicted octanol–water partition coefficient (Wildman–Crippen LogP) is 6.50. The second kappa shape index (κ2) is 6.77. The Morgan fingerprint density at radius 1 is 1.14 bits per heavy atom. The van der Waals surface area contributed by atoms with Crippen LogP contribution >= 0.6 is 31.9 Å². The molecule has 7 heteroatoms. The van der Waals surface area contributed by atoms with Crippen molar-refractivity contribution < 1.29 is 17.9 Å². The fraction of sp³-hybridized carbons (Fsp3) is 0.600. The molecule has 2 nitrogen and oxygen atoms in total. The second-order valence-electron chi connectivity index (χ2n) is 6.68. The van der Waals surface area contributed by atoms with Crippen LogP contribution in [-0.4, -0.2) is 18.9 Å². The van der Waals surface area contributed by atoms with Crippen molar-refractivity contribution in [3.05, 3.63) is 23.8 Å². The lowest BCUT2D eigenvalue weighted by molar-refractivity contribution is 0.224. The molecule has 0 aliphatic rings. The van der Waals surface area contributed by atoms with E-state index in [1.807, 2.05) is 0 Å². The van der Waals surface area contributed by atoms with Crippen molar-refractivity contribution in [2.45, 2.75) is 48.6 Å². The molecule has 0 spiro atoms. The van der Waals surface area contributed by atoms with Gasteiger partial charge in [-0.1, -0.05) is 26.8 Å². The fourth-order valence-corrected chi connectivity index (χ4v) is 3.09. The molecule has 0 heterocycles. The topological polar surface area (TPSA) is 18.5 Å². The molecule has 0 saturated heterocycles. The molecule has 0 radical (unpaired) electrons. The van der Waals surface area contributed by atoms with Gasteiger partial charge in [0.2, 0.25) is 0 Å². The van der Waals surface area contributed by atoms with E-state index in [0.717, 1.165) is 0 Å². The summed E-state index contributed by atoms with van der Waals surface area (Å²) < 4.78 is 37.0. The number of alkyl halides is 4. The molecule has 0 aliphatic heterocycles. The van der Waals surface area contributed by atoms with E-state index in [0.29, 0.717) is 11.5 Å². The lowest BCUT2D eigenvalue weighted by Gasteiger charge is -2.37. The molecular formula is C15H22Br2F2O2Si. The van der Waals surface area contributed by atoms with Gasteiger partial charge < -0.3 is 9.16 Å². The van der Waals surface area contributed by atoms with E-state index in [4.69, 9.17) is 9.16 Å². The van der Waals surface area contributed by atoms with Crippen LogP contribution in [0.5, 0.6) is 11.5 Å². The fourth-order valence-electron chi connectivity index (χ4n) is 1.55. The molecule has 1 rings (SSSR count). The van der Waals surface area contributed by atoms with Crippen molar-refractivity contribution in [1.29, 1.82) is 0 Å². The highest BCUT2D eigenvalue weighted by atomic mass is 79.9. The molecule has 0 saturated carbocycles. The summed E-state index contributed by atoms with van der Waals surface area (Å²) in [5.41, 5.74) is 0.172. The molecule has 126 valence electrons. The molecule has 1 atom stereocenters. The summed E-state index contributed by atoms with van der Waals surface area (Å²) in [6.45, 7) is 10.5. The van der Waals surface area contributed by atoms with Crippen molar-refractivity contribution in [3.63, 3.8) is 0 Å². The minimum Gasteiger partial charge on any atom is -0.541 e. The van der Waals surface area contributed by atoms with Crippen LogP contribution in [-0.2, 0) is 0 Å². The van der Waals surface area contributed by atoms with Gasteiger partial charge in [-0.15, -0.1) is 0 Å². The number of hydrogen-bond acceptors (Lipinski definition) is 2. The Morgan fingerprint density at radius 2 is 1.68 bits per heavy atom. The summed E-state index contributed by atoms with van der Waals surface area (Å²) in [7, 11) is -0.594.